The van der Waals surface area contributed by atoms with E-state index in [0.29, 0.717) is 11.1 Å². The van der Waals surface area contributed by atoms with Crippen molar-refractivity contribution in [3.8, 4) is 5.75 Å². The topological polar surface area (TPSA) is 62.6 Å². The van der Waals surface area contributed by atoms with Crippen LogP contribution in [0, 0.1) is 12.7 Å². The minimum Gasteiger partial charge on any atom is -0.508 e. The van der Waals surface area contributed by atoms with Crippen molar-refractivity contribution in [1.29, 1.82) is 0 Å². The Morgan fingerprint density at radius 3 is 2.62 bits per heavy atom. The van der Waals surface area contributed by atoms with Crippen molar-refractivity contribution in [2.75, 3.05) is 0 Å². The van der Waals surface area contributed by atoms with Gasteiger partial charge in [0.05, 0.1) is 0 Å². The van der Waals surface area contributed by atoms with E-state index in [0.717, 1.165) is 0 Å². The normalized spacial score (nSPS) is 10.5. The smallest absolute Gasteiger partial charge is 0.508 e. The fourth-order valence-electron chi connectivity index (χ4n) is 1.45. The van der Waals surface area contributed by atoms with Crippen molar-refractivity contribution in [3.05, 3.63) is 35.8 Å². The second kappa shape index (κ2) is 4.07. The van der Waals surface area contributed by atoms with E-state index >= 15 is 0 Å². The van der Waals surface area contributed by atoms with Crippen molar-refractivity contribution >= 4 is 18.2 Å². The molecule has 1 heterocycles. The lowest BCUT2D eigenvalue weighted by atomic mass is 10.1. The third-order valence-corrected chi connectivity index (χ3v) is 2.13. The van der Waals surface area contributed by atoms with E-state index in [1.165, 1.54) is 6.07 Å². The highest BCUT2D eigenvalue weighted by atomic mass is 19.1. The maximum atomic E-state index is 13.4. The number of hydrogen-bond donors (Lipinski definition) is 2. The molecule has 82 valence electrons. The number of aromatic nitrogens is 1. The third-order valence-electron chi connectivity index (χ3n) is 2.13. The van der Waals surface area contributed by atoms with Crippen LogP contribution < -0.4 is 4.65 Å². The van der Waals surface area contributed by atoms with Crippen molar-refractivity contribution in [2.24, 2.45) is 0 Å². The number of rotatable bonds is 2. The lowest BCUT2D eigenvalue weighted by molar-refractivity contribution is 0.283. The first-order chi connectivity index (χ1) is 7.58. The van der Waals surface area contributed by atoms with Gasteiger partial charge in [-0.15, -0.1) is 0 Å². The second-order valence-electron chi connectivity index (χ2n) is 3.35. The summed E-state index contributed by atoms with van der Waals surface area (Å²) < 4.78 is 18.0. The number of aryl methyl sites for hydroxylation is 1. The Hall–Kier alpha value is -1.66. The molecular formula is C10H9BFNO3. The van der Waals surface area contributed by atoms with Gasteiger partial charge in [-0.3, -0.25) is 0 Å². The molecule has 1 aromatic heterocycles. The van der Waals surface area contributed by atoms with Gasteiger partial charge in [-0.05, 0) is 25.1 Å². The first-order valence-corrected chi connectivity index (χ1v) is 4.66. The number of halogens is 1. The summed E-state index contributed by atoms with van der Waals surface area (Å²) in [7, 11) is -2.07. The maximum Gasteiger partial charge on any atom is 0.707 e. The molecule has 2 aromatic rings. The summed E-state index contributed by atoms with van der Waals surface area (Å²) >= 11 is 0. The summed E-state index contributed by atoms with van der Waals surface area (Å²) in [6, 6.07) is 6.28. The third kappa shape index (κ3) is 1.98. The molecule has 6 heteroatoms. The molecule has 0 saturated heterocycles. The van der Waals surface area contributed by atoms with Gasteiger partial charge >= 0.3 is 7.32 Å². The molecule has 0 saturated carbocycles. The van der Waals surface area contributed by atoms with E-state index in [1.54, 1.807) is 25.1 Å². The molecule has 0 bridgehead atoms. The van der Waals surface area contributed by atoms with Gasteiger partial charge in [-0.2, -0.15) is 0 Å². The average Bonchev–Trinajstić information content (AvgIpc) is 2.22. The Morgan fingerprint density at radius 2 is 1.94 bits per heavy atom. The minimum absolute atomic E-state index is 0.254. The summed E-state index contributed by atoms with van der Waals surface area (Å²) in [6.45, 7) is 1.75. The fraction of sp³-hybridized carbons (Fsp3) is 0.100. The Balaban J connectivity index is 2.67. The first-order valence-electron chi connectivity index (χ1n) is 4.66. The minimum atomic E-state index is -2.07. The highest BCUT2D eigenvalue weighted by Gasteiger charge is 2.18. The molecule has 0 fully saturated rings. The average molecular weight is 221 g/mol. The van der Waals surface area contributed by atoms with Gasteiger partial charge in [0.1, 0.15) is 5.52 Å². The van der Waals surface area contributed by atoms with Gasteiger partial charge in [0.15, 0.2) is 11.6 Å². The van der Waals surface area contributed by atoms with Crippen LogP contribution in [-0.2, 0) is 0 Å². The van der Waals surface area contributed by atoms with Gasteiger partial charge in [0.2, 0.25) is 0 Å². The summed E-state index contributed by atoms with van der Waals surface area (Å²) in [4.78, 5) is 4.10. The molecule has 0 radical (unpaired) electrons. The van der Waals surface area contributed by atoms with Crippen molar-refractivity contribution in [3.63, 3.8) is 0 Å². The zero-order valence-electron chi connectivity index (χ0n) is 8.51. The van der Waals surface area contributed by atoms with Gasteiger partial charge in [0.25, 0.3) is 0 Å². The Labute approximate surface area is 91.5 Å². The van der Waals surface area contributed by atoms with E-state index in [1.807, 2.05) is 0 Å². The van der Waals surface area contributed by atoms with E-state index in [2.05, 4.69) is 9.64 Å². The van der Waals surface area contributed by atoms with Gasteiger partial charge < -0.3 is 14.7 Å². The van der Waals surface area contributed by atoms with Crippen LogP contribution in [0.2, 0.25) is 0 Å². The van der Waals surface area contributed by atoms with Crippen LogP contribution in [0.4, 0.5) is 4.39 Å². The molecular weight excluding hydrogens is 212 g/mol. The molecule has 0 spiro atoms. The van der Waals surface area contributed by atoms with Crippen LogP contribution in [0.5, 0.6) is 5.75 Å². The Kier molecular flexibility index (Phi) is 2.76. The molecule has 2 N–H and O–H groups in total. The molecule has 0 aliphatic rings. The van der Waals surface area contributed by atoms with Crippen molar-refractivity contribution < 1.29 is 19.1 Å². The molecule has 0 aliphatic heterocycles. The predicted octanol–water partition coefficient (Wildman–Crippen LogP) is 1.03. The number of fused-ring (bicyclic) bond motifs is 1. The zero-order valence-corrected chi connectivity index (χ0v) is 8.51. The maximum absolute atomic E-state index is 13.4. The number of hydrogen-bond acceptors (Lipinski definition) is 4. The molecule has 0 atom stereocenters. The molecule has 0 amide bonds. The van der Waals surface area contributed by atoms with Crippen LogP contribution in [0.25, 0.3) is 10.9 Å². The van der Waals surface area contributed by atoms with Crippen LogP contribution in [0.15, 0.2) is 24.3 Å². The molecule has 0 aliphatic carbocycles. The Bertz CT molecular complexity index is 527. The van der Waals surface area contributed by atoms with Gasteiger partial charge in [-0.25, -0.2) is 9.37 Å². The summed E-state index contributed by atoms with van der Waals surface area (Å²) in [6.07, 6.45) is 0. The van der Waals surface area contributed by atoms with Crippen LogP contribution in [0.1, 0.15) is 5.69 Å². The van der Waals surface area contributed by atoms with E-state index < -0.39 is 13.1 Å². The SMILES string of the molecule is Cc1ccc2ccc(F)c(OB(O)O)c2n1. The van der Waals surface area contributed by atoms with Crippen LogP contribution >= 0.6 is 0 Å². The van der Waals surface area contributed by atoms with Crippen LogP contribution in [-0.4, -0.2) is 22.4 Å². The highest BCUT2D eigenvalue weighted by Crippen LogP contribution is 2.27. The summed E-state index contributed by atoms with van der Waals surface area (Å²) in [5.41, 5.74) is 0.962. The van der Waals surface area contributed by atoms with Gasteiger partial charge in [0, 0.05) is 11.1 Å². The molecule has 0 unspecified atom stereocenters. The van der Waals surface area contributed by atoms with Crippen molar-refractivity contribution in [1.82, 2.24) is 4.98 Å². The molecule has 4 nitrogen and oxygen atoms in total. The fourth-order valence-corrected chi connectivity index (χ4v) is 1.45. The first kappa shape index (κ1) is 10.8. The lowest BCUT2D eigenvalue weighted by Gasteiger charge is -2.09. The highest BCUT2D eigenvalue weighted by molar-refractivity contribution is 6.34. The standard InChI is InChI=1S/C10H9BFNO3/c1-6-2-3-7-4-5-8(12)10(9(7)13-6)16-11(14)15/h2-5,14-15H,1H3. The summed E-state index contributed by atoms with van der Waals surface area (Å²) in [5.74, 6) is -0.935. The van der Waals surface area contributed by atoms with Crippen molar-refractivity contribution in [2.45, 2.75) is 6.92 Å². The molecule has 16 heavy (non-hydrogen) atoms. The largest absolute Gasteiger partial charge is 0.707 e. The monoisotopic (exact) mass is 221 g/mol. The molecule has 2 rings (SSSR count). The quantitative estimate of drug-likeness (QED) is 0.743. The zero-order chi connectivity index (χ0) is 11.7. The number of nitrogens with zero attached hydrogens (tertiary/aromatic N) is 1. The second-order valence-corrected chi connectivity index (χ2v) is 3.35. The predicted molar refractivity (Wildman–Crippen MR) is 57.3 cm³/mol. The number of pyridine rings is 1. The number of benzene rings is 1. The lowest BCUT2D eigenvalue weighted by Crippen LogP contribution is -2.21. The Morgan fingerprint density at radius 1 is 1.25 bits per heavy atom. The summed E-state index contributed by atoms with van der Waals surface area (Å²) in [5, 5.41) is 18.1. The molecule has 1 aromatic carbocycles. The van der Waals surface area contributed by atoms with E-state index in [-0.39, 0.29) is 11.3 Å². The van der Waals surface area contributed by atoms with E-state index in [9.17, 15) is 4.39 Å². The van der Waals surface area contributed by atoms with Crippen LogP contribution in [0.3, 0.4) is 0 Å². The van der Waals surface area contributed by atoms with Gasteiger partial charge in [-0.1, -0.05) is 6.07 Å². The van der Waals surface area contributed by atoms with E-state index in [4.69, 9.17) is 10.0 Å².